The summed E-state index contributed by atoms with van der Waals surface area (Å²) in [6.45, 7) is 1.96. The SMILES string of the molecule is COc1ccc2cc(C(=O)Nc3ncc(C)s3)ccc2c1. The number of hydrogen-bond donors (Lipinski definition) is 1. The molecule has 4 nitrogen and oxygen atoms in total. The Balaban J connectivity index is 1.88. The van der Waals surface area contributed by atoms with Gasteiger partial charge in [0.2, 0.25) is 0 Å². The van der Waals surface area contributed by atoms with Gasteiger partial charge < -0.3 is 4.74 Å². The molecular weight excluding hydrogens is 284 g/mol. The van der Waals surface area contributed by atoms with Crippen LogP contribution in [0.25, 0.3) is 10.8 Å². The minimum Gasteiger partial charge on any atom is -0.497 e. The molecular formula is C16H14N2O2S. The Morgan fingerprint density at radius 3 is 2.67 bits per heavy atom. The molecule has 1 amide bonds. The molecule has 0 radical (unpaired) electrons. The number of aryl methyl sites for hydroxylation is 1. The Bertz CT molecular complexity index is 811. The van der Waals surface area contributed by atoms with Gasteiger partial charge in [-0.1, -0.05) is 12.1 Å². The van der Waals surface area contributed by atoms with E-state index >= 15 is 0 Å². The fourth-order valence-corrected chi connectivity index (χ4v) is 2.73. The van der Waals surface area contributed by atoms with Gasteiger partial charge in [-0.15, -0.1) is 11.3 Å². The quantitative estimate of drug-likeness (QED) is 0.798. The zero-order valence-corrected chi connectivity index (χ0v) is 12.5. The number of fused-ring (bicyclic) bond motifs is 1. The summed E-state index contributed by atoms with van der Waals surface area (Å²) in [5.74, 6) is 0.653. The van der Waals surface area contributed by atoms with Gasteiger partial charge in [-0.25, -0.2) is 4.98 Å². The van der Waals surface area contributed by atoms with Crippen LogP contribution in [0.3, 0.4) is 0 Å². The maximum absolute atomic E-state index is 12.2. The second-order valence-corrected chi connectivity index (χ2v) is 5.89. The minimum absolute atomic E-state index is 0.151. The first kappa shape index (κ1) is 13.6. The first-order chi connectivity index (χ1) is 10.2. The topological polar surface area (TPSA) is 51.2 Å². The number of ether oxygens (including phenoxy) is 1. The van der Waals surface area contributed by atoms with Crippen molar-refractivity contribution >= 4 is 33.1 Å². The van der Waals surface area contributed by atoms with Gasteiger partial charge >= 0.3 is 0 Å². The molecule has 0 atom stereocenters. The number of amides is 1. The number of carbonyl (C=O) groups excluding carboxylic acids is 1. The van der Waals surface area contributed by atoms with Gasteiger partial charge in [-0.05, 0) is 42.0 Å². The molecule has 0 aliphatic rings. The third-order valence-electron chi connectivity index (χ3n) is 3.15. The fraction of sp³-hybridized carbons (Fsp3) is 0.125. The van der Waals surface area contributed by atoms with E-state index in [1.165, 1.54) is 11.3 Å². The molecule has 0 saturated carbocycles. The van der Waals surface area contributed by atoms with Crippen LogP contribution in [-0.2, 0) is 0 Å². The maximum atomic E-state index is 12.2. The van der Waals surface area contributed by atoms with Gasteiger partial charge in [0, 0.05) is 16.6 Å². The molecule has 3 aromatic rings. The van der Waals surface area contributed by atoms with E-state index in [9.17, 15) is 4.79 Å². The first-order valence-electron chi connectivity index (χ1n) is 6.47. The summed E-state index contributed by atoms with van der Waals surface area (Å²) in [5, 5.41) is 5.46. The van der Waals surface area contributed by atoms with Crippen LogP contribution < -0.4 is 10.1 Å². The van der Waals surface area contributed by atoms with E-state index in [1.54, 1.807) is 19.4 Å². The molecule has 0 aliphatic heterocycles. The second-order valence-electron chi connectivity index (χ2n) is 4.66. The van der Waals surface area contributed by atoms with Crippen molar-refractivity contribution < 1.29 is 9.53 Å². The van der Waals surface area contributed by atoms with Crippen LogP contribution in [0.5, 0.6) is 5.75 Å². The van der Waals surface area contributed by atoms with E-state index in [4.69, 9.17) is 4.74 Å². The lowest BCUT2D eigenvalue weighted by Gasteiger charge is -2.05. The number of aromatic nitrogens is 1. The van der Waals surface area contributed by atoms with Gasteiger partial charge in [0.25, 0.3) is 5.91 Å². The van der Waals surface area contributed by atoms with Gasteiger partial charge in [0.15, 0.2) is 5.13 Å². The van der Waals surface area contributed by atoms with Gasteiger partial charge in [-0.3, -0.25) is 10.1 Å². The molecule has 21 heavy (non-hydrogen) atoms. The van der Waals surface area contributed by atoms with Crippen LogP contribution in [-0.4, -0.2) is 18.0 Å². The van der Waals surface area contributed by atoms with Gasteiger partial charge in [0.1, 0.15) is 5.75 Å². The van der Waals surface area contributed by atoms with Crippen molar-refractivity contribution in [1.82, 2.24) is 4.98 Å². The molecule has 1 aromatic heterocycles. The van der Waals surface area contributed by atoms with E-state index in [1.807, 2.05) is 37.3 Å². The van der Waals surface area contributed by atoms with E-state index in [2.05, 4.69) is 10.3 Å². The number of methoxy groups -OCH3 is 1. The summed E-state index contributed by atoms with van der Waals surface area (Å²) in [6.07, 6.45) is 1.74. The summed E-state index contributed by atoms with van der Waals surface area (Å²) < 4.78 is 5.20. The Morgan fingerprint density at radius 2 is 1.95 bits per heavy atom. The lowest BCUT2D eigenvalue weighted by atomic mass is 10.1. The number of nitrogens with one attached hydrogen (secondary N) is 1. The van der Waals surface area contributed by atoms with Crippen molar-refractivity contribution in [2.24, 2.45) is 0 Å². The van der Waals surface area contributed by atoms with Crippen molar-refractivity contribution in [3.63, 3.8) is 0 Å². The lowest BCUT2D eigenvalue weighted by Crippen LogP contribution is -2.11. The minimum atomic E-state index is -0.151. The summed E-state index contributed by atoms with van der Waals surface area (Å²) in [6, 6.07) is 11.4. The highest BCUT2D eigenvalue weighted by molar-refractivity contribution is 7.15. The van der Waals surface area contributed by atoms with Crippen molar-refractivity contribution in [2.45, 2.75) is 6.92 Å². The van der Waals surface area contributed by atoms with E-state index < -0.39 is 0 Å². The predicted molar refractivity (Wildman–Crippen MR) is 85.3 cm³/mol. The summed E-state index contributed by atoms with van der Waals surface area (Å²) in [5.41, 5.74) is 0.612. The first-order valence-corrected chi connectivity index (χ1v) is 7.29. The normalized spacial score (nSPS) is 10.6. The van der Waals surface area contributed by atoms with Gasteiger partial charge in [0.05, 0.1) is 7.11 Å². The van der Waals surface area contributed by atoms with E-state index in [0.717, 1.165) is 21.4 Å². The lowest BCUT2D eigenvalue weighted by molar-refractivity contribution is 0.102. The molecule has 1 heterocycles. The number of rotatable bonds is 3. The molecule has 0 saturated heterocycles. The number of nitrogens with zero attached hydrogens (tertiary/aromatic N) is 1. The average molecular weight is 298 g/mol. The monoisotopic (exact) mass is 298 g/mol. The van der Waals surface area contributed by atoms with E-state index in [0.29, 0.717) is 10.7 Å². The number of benzene rings is 2. The number of thiazole rings is 1. The molecule has 5 heteroatoms. The maximum Gasteiger partial charge on any atom is 0.257 e. The van der Waals surface area contributed by atoms with Crippen molar-refractivity contribution in [3.05, 3.63) is 53.0 Å². The molecule has 0 bridgehead atoms. The Labute approximate surface area is 126 Å². The molecule has 2 aromatic carbocycles. The highest BCUT2D eigenvalue weighted by Gasteiger charge is 2.09. The molecule has 0 unspecified atom stereocenters. The second kappa shape index (κ2) is 5.54. The number of anilines is 1. The standard InChI is InChI=1S/C16H14N2O2S/c1-10-9-17-16(21-10)18-15(19)13-4-3-12-8-14(20-2)6-5-11(12)7-13/h3-9H,1-2H3,(H,17,18,19). The Hall–Kier alpha value is -2.40. The van der Waals surface area contributed by atoms with Crippen molar-refractivity contribution in [1.29, 1.82) is 0 Å². The van der Waals surface area contributed by atoms with Gasteiger partial charge in [-0.2, -0.15) is 0 Å². The fourth-order valence-electron chi connectivity index (χ4n) is 2.07. The van der Waals surface area contributed by atoms with Crippen LogP contribution in [0.1, 0.15) is 15.2 Å². The van der Waals surface area contributed by atoms with Crippen molar-refractivity contribution in [3.8, 4) is 5.75 Å². The largest absolute Gasteiger partial charge is 0.497 e. The predicted octanol–water partition coefficient (Wildman–Crippen LogP) is 3.87. The smallest absolute Gasteiger partial charge is 0.257 e. The zero-order chi connectivity index (χ0) is 14.8. The average Bonchev–Trinajstić information content (AvgIpc) is 2.91. The highest BCUT2D eigenvalue weighted by Crippen LogP contribution is 2.23. The molecule has 1 N–H and O–H groups in total. The van der Waals surface area contributed by atoms with Crippen LogP contribution >= 0.6 is 11.3 Å². The Morgan fingerprint density at radius 1 is 1.19 bits per heavy atom. The number of carbonyl (C=O) groups is 1. The van der Waals surface area contributed by atoms with E-state index in [-0.39, 0.29) is 5.91 Å². The summed E-state index contributed by atoms with van der Waals surface area (Å²) >= 11 is 1.46. The third-order valence-corrected chi connectivity index (χ3v) is 3.98. The van der Waals surface area contributed by atoms with Crippen LogP contribution in [0, 0.1) is 6.92 Å². The number of hydrogen-bond acceptors (Lipinski definition) is 4. The van der Waals surface area contributed by atoms with Crippen molar-refractivity contribution in [2.75, 3.05) is 12.4 Å². The van der Waals surface area contributed by atoms with Crippen LogP contribution in [0.4, 0.5) is 5.13 Å². The molecule has 0 fully saturated rings. The molecule has 106 valence electrons. The molecule has 0 aliphatic carbocycles. The van der Waals surface area contributed by atoms with Crippen LogP contribution in [0.15, 0.2) is 42.6 Å². The summed E-state index contributed by atoms with van der Waals surface area (Å²) in [7, 11) is 1.64. The third kappa shape index (κ3) is 2.87. The molecule has 0 spiro atoms. The van der Waals surface area contributed by atoms with Crippen LogP contribution in [0.2, 0.25) is 0 Å². The Kier molecular flexibility index (Phi) is 3.58. The molecule has 3 rings (SSSR count). The highest BCUT2D eigenvalue weighted by atomic mass is 32.1. The zero-order valence-electron chi connectivity index (χ0n) is 11.7. The summed E-state index contributed by atoms with van der Waals surface area (Å²) in [4.78, 5) is 17.4.